The topological polar surface area (TPSA) is 43.8 Å². The van der Waals surface area contributed by atoms with Crippen molar-refractivity contribution in [2.24, 2.45) is 0 Å². The Hall–Kier alpha value is -1.55. The highest BCUT2D eigenvalue weighted by molar-refractivity contribution is 5.68. The Kier molecular flexibility index (Phi) is 5.23. The highest BCUT2D eigenvalue weighted by Crippen LogP contribution is 2.27. The Morgan fingerprint density at radius 3 is 2.71 bits per heavy atom. The van der Waals surface area contributed by atoms with E-state index in [1.807, 2.05) is 12.1 Å². The minimum absolute atomic E-state index is 0.187. The molecule has 0 amide bonds. The van der Waals surface area contributed by atoms with Crippen molar-refractivity contribution in [3.8, 4) is 0 Å². The number of benzene rings is 1. The Bertz CT molecular complexity index is 487. The largest absolute Gasteiger partial charge is 0.481 e. The summed E-state index contributed by atoms with van der Waals surface area (Å²) in [6.45, 7) is 9.23. The zero-order valence-electron chi connectivity index (χ0n) is 13.2. The first-order valence-electron chi connectivity index (χ1n) is 7.77. The van der Waals surface area contributed by atoms with E-state index in [4.69, 9.17) is 5.11 Å². The predicted molar refractivity (Wildman–Crippen MR) is 85.9 cm³/mol. The lowest BCUT2D eigenvalue weighted by molar-refractivity contribution is -0.136. The van der Waals surface area contributed by atoms with Gasteiger partial charge in [0.05, 0.1) is 6.42 Å². The van der Waals surface area contributed by atoms with E-state index in [1.165, 1.54) is 11.3 Å². The molecule has 0 aliphatic carbocycles. The lowest BCUT2D eigenvalue weighted by atomic mass is 10.1. The van der Waals surface area contributed by atoms with Gasteiger partial charge in [0, 0.05) is 37.4 Å². The van der Waals surface area contributed by atoms with Gasteiger partial charge in [0.15, 0.2) is 0 Å². The lowest BCUT2D eigenvalue weighted by Crippen LogP contribution is -2.40. The van der Waals surface area contributed by atoms with E-state index in [-0.39, 0.29) is 6.42 Å². The average molecular weight is 290 g/mol. The summed E-state index contributed by atoms with van der Waals surface area (Å²) in [5.74, 6) is -0.729. The first-order chi connectivity index (χ1) is 9.99. The van der Waals surface area contributed by atoms with Crippen molar-refractivity contribution in [1.29, 1.82) is 0 Å². The number of carboxylic acid groups (broad SMARTS) is 1. The second-order valence-electron chi connectivity index (χ2n) is 6.15. The molecule has 0 saturated carbocycles. The summed E-state index contributed by atoms with van der Waals surface area (Å²) in [6, 6.07) is 9.23. The van der Waals surface area contributed by atoms with Crippen molar-refractivity contribution in [1.82, 2.24) is 4.90 Å². The van der Waals surface area contributed by atoms with Crippen LogP contribution in [0.1, 0.15) is 32.3 Å². The lowest BCUT2D eigenvalue weighted by Gasteiger charge is -2.32. The fraction of sp³-hybridized carbons (Fsp3) is 0.588. The molecule has 1 heterocycles. The van der Waals surface area contributed by atoms with E-state index in [0.717, 1.165) is 19.5 Å². The molecule has 1 fully saturated rings. The van der Waals surface area contributed by atoms with Crippen LogP contribution < -0.4 is 4.90 Å². The number of hydrogen-bond acceptors (Lipinski definition) is 3. The number of carboxylic acids is 1. The normalized spacial score (nSPS) is 19.1. The minimum atomic E-state index is -0.729. The Morgan fingerprint density at radius 2 is 2.14 bits per heavy atom. The molecule has 0 aromatic heterocycles. The van der Waals surface area contributed by atoms with Crippen LogP contribution in [0.3, 0.4) is 0 Å². The monoisotopic (exact) mass is 290 g/mol. The summed E-state index contributed by atoms with van der Waals surface area (Å²) < 4.78 is 0. The van der Waals surface area contributed by atoms with Gasteiger partial charge in [-0.2, -0.15) is 0 Å². The van der Waals surface area contributed by atoms with Crippen molar-refractivity contribution in [2.45, 2.75) is 45.7 Å². The Labute approximate surface area is 127 Å². The fourth-order valence-corrected chi connectivity index (χ4v) is 3.09. The molecule has 0 bridgehead atoms. The van der Waals surface area contributed by atoms with Crippen molar-refractivity contribution < 1.29 is 9.90 Å². The van der Waals surface area contributed by atoms with E-state index < -0.39 is 5.97 Å². The van der Waals surface area contributed by atoms with Crippen LogP contribution in [0.2, 0.25) is 0 Å². The quantitative estimate of drug-likeness (QED) is 0.875. The predicted octanol–water partition coefficient (Wildman–Crippen LogP) is 2.76. The molecule has 4 nitrogen and oxygen atoms in total. The Balaban J connectivity index is 2.17. The van der Waals surface area contributed by atoms with Crippen molar-refractivity contribution in [3.63, 3.8) is 0 Å². The third kappa shape index (κ3) is 3.97. The summed E-state index contributed by atoms with van der Waals surface area (Å²) in [7, 11) is 0. The first-order valence-corrected chi connectivity index (χ1v) is 7.77. The smallest absolute Gasteiger partial charge is 0.305 e. The Morgan fingerprint density at radius 1 is 1.43 bits per heavy atom. The van der Waals surface area contributed by atoms with E-state index in [2.05, 4.69) is 42.7 Å². The molecule has 1 aromatic rings. The number of carbonyl (C=O) groups is 1. The van der Waals surface area contributed by atoms with E-state index in [1.54, 1.807) is 0 Å². The fourth-order valence-electron chi connectivity index (χ4n) is 3.09. The van der Waals surface area contributed by atoms with Crippen LogP contribution in [-0.2, 0) is 4.79 Å². The van der Waals surface area contributed by atoms with Crippen LogP contribution in [0.25, 0.3) is 0 Å². The number of aliphatic carboxylic acids is 1. The van der Waals surface area contributed by atoms with Gasteiger partial charge in [-0.15, -0.1) is 0 Å². The second kappa shape index (κ2) is 6.94. The summed E-state index contributed by atoms with van der Waals surface area (Å²) >= 11 is 0. The maximum absolute atomic E-state index is 11.0. The number of aryl methyl sites for hydroxylation is 1. The molecule has 0 radical (unpaired) electrons. The summed E-state index contributed by atoms with van der Waals surface area (Å²) in [5.41, 5.74) is 2.39. The van der Waals surface area contributed by atoms with Crippen LogP contribution in [0.5, 0.6) is 0 Å². The SMILES string of the molecule is Cc1ccccc1N(CCC(=O)O)C1CCN(C(C)C)C1. The molecule has 1 aliphatic rings. The average Bonchev–Trinajstić information content (AvgIpc) is 2.90. The molecule has 1 atom stereocenters. The van der Waals surface area contributed by atoms with Gasteiger partial charge in [0.2, 0.25) is 0 Å². The van der Waals surface area contributed by atoms with Gasteiger partial charge in [-0.1, -0.05) is 18.2 Å². The highest BCUT2D eigenvalue weighted by atomic mass is 16.4. The molecule has 4 heteroatoms. The second-order valence-corrected chi connectivity index (χ2v) is 6.15. The maximum atomic E-state index is 11.0. The summed E-state index contributed by atoms with van der Waals surface area (Å²) in [4.78, 5) is 15.7. The number of nitrogens with zero attached hydrogens (tertiary/aromatic N) is 2. The van der Waals surface area contributed by atoms with Crippen LogP contribution >= 0.6 is 0 Å². The molecule has 0 spiro atoms. The molecule has 1 N–H and O–H groups in total. The van der Waals surface area contributed by atoms with Gasteiger partial charge in [0.1, 0.15) is 0 Å². The van der Waals surface area contributed by atoms with Crippen LogP contribution in [0.15, 0.2) is 24.3 Å². The number of likely N-dealkylation sites (tertiary alicyclic amines) is 1. The molecule has 1 aromatic carbocycles. The van der Waals surface area contributed by atoms with Gasteiger partial charge in [-0.05, 0) is 38.8 Å². The molecule has 1 aliphatic heterocycles. The third-order valence-electron chi connectivity index (χ3n) is 4.36. The van der Waals surface area contributed by atoms with E-state index in [0.29, 0.717) is 18.6 Å². The highest BCUT2D eigenvalue weighted by Gasteiger charge is 2.29. The molecule has 116 valence electrons. The number of hydrogen-bond donors (Lipinski definition) is 1. The van der Waals surface area contributed by atoms with Gasteiger partial charge in [0.25, 0.3) is 0 Å². The van der Waals surface area contributed by atoms with E-state index in [9.17, 15) is 4.79 Å². The zero-order chi connectivity index (χ0) is 15.4. The van der Waals surface area contributed by atoms with Crippen LogP contribution in [0.4, 0.5) is 5.69 Å². The van der Waals surface area contributed by atoms with Crippen molar-refractivity contribution >= 4 is 11.7 Å². The first kappa shape index (κ1) is 15.8. The van der Waals surface area contributed by atoms with Crippen molar-refractivity contribution in [2.75, 3.05) is 24.5 Å². The van der Waals surface area contributed by atoms with Crippen molar-refractivity contribution in [3.05, 3.63) is 29.8 Å². The molecule has 21 heavy (non-hydrogen) atoms. The molecule has 1 unspecified atom stereocenters. The molecular formula is C17H26N2O2. The standard InChI is InChI=1S/C17H26N2O2/c1-13(2)18-10-8-15(12-18)19(11-9-17(20)21)16-7-5-4-6-14(16)3/h4-7,13,15H,8-12H2,1-3H3,(H,20,21). The van der Waals surface area contributed by atoms with Gasteiger partial charge in [-0.25, -0.2) is 0 Å². The zero-order valence-corrected chi connectivity index (χ0v) is 13.2. The third-order valence-corrected chi connectivity index (χ3v) is 4.36. The maximum Gasteiger partial charge on any atom is 0.305 e. The number of rotatable bonds is 6. The van der Waals surface area contributed by atoms with E-state index >= 15 is 0 Å². The van der Waals surface area contributed by atoms with Gasteiger partial charge in [-0.3, -0.25) is 9.69 Å². The van der Waals surface area contributed by atoms with Gasteiger partial charge >= 0.3 is 5.97 Å². The summed E-state index contributed by atoms with van der Waals surface area (Å²) in [5, 5.41) is 9.02. The number of anilines is 1. The minimum Gasteiger partial charge on any atom is -0.481 e. The molecular weight excluding hydrogens is 264 g/mol. The van der Waals surface area contributed by atoms with Crippen LogP contribution in [0, 0.1) is 6.92 Å². The van der Waals surface area contributed by atoms with Gasteiger partial charge < -0.3 is 10.0 Å². The summed E-state index contributed by atoms with van der Waals surface area (Å²) in [6.07, 6.45) is 1.29. The van der Waals surface area contributed by atoms with Crippen LogP contribution in [-0.4, -0.2) is 47.7 Å². The molecule has 2 rings (SSSR count). The molecule has 1 saturated heterocycles. The number of para-hydroxylation sites is 1.